The molecule has 0 spiro atoms. The van der Waals surface area contributed by atoms with Crippen LogP contribution in [0.5, 0.6) is 0 Å². The normalized spacial score (nSPS) is 23.9. The lowest BCUT2D eigenvalue weighted by Crippen LogP contribution is -2.60. The maximum Gasteiger partial charge on any atom is 0.410 e. The quantitative estimate of drug-likeness (QED) is 0.769. The standard InChI is InChI=1S/C19H24FN3O3/c1-19(2,3)26-18(24)23-7-6-22-11-17(25-12-15(22)10-23)13-4-5-16(20)14(8-13)9-21/h4-5,8,15,17H,6-7,10-12H2,1-3H3/t15-,17-/m0/s1. The van der Waals surface area contributed by atoms with Gasteiger partial charge in [-0.15, -0.1) is 0 Å². The lowest BCUT2D eigenvalue weighted by Gasteiger charge is -2.46. The summed E-state index contributed by atoms with van der Waals surface area (Å²) in [5.41, 5.74) is 0.322. The third-order valence-electron chi connectivity index (χ3n) is 4.63. The zero-order valence-electron chi connectivity index (χ0n) is 15.4. The molecule has 6 nitrogen and oxygen atoms in total. The number of hydrogen-bond acceptors (Lipinski definition) is 5. The number of hydrogen-bond donors (Lipinski definition) is 0. The molecule has 140 valence electrons. The van der Waals surface area contributed by atoms with Crippen LogP contribution in [-0.2, 0) is 9.47 Å². The lowest BCUT2D eigenvalue weighted by atomic mass is 10.0. The van der Waals surface area contributed by atoms with Crippen molar-refractivity contribution < 1.29 is 18.7 Å². The van der Waals surface area contributed by atoms with Crippen molar-refractivity contribution in [3.8, 4) is 6.07 Å². The van der Waals surface area contributed by atoms with E-state index in [0.717, 1.165) is 12.1 Å². The molecule has 1 aromatic carbocycles. The van der Waals surface area contributed by atoms with Gasteiger partial charge in [-0.25, -0.2) is 9.18 Å². The zero-order chi connectivity index (χ0) is 18.9. The van der Waals surface area contributed by atoms with Crippen LogP contribution in [0.2, 0.25) is 0 Å². The number of carbonyl (C=O) groups is 1. The molecule has 2 aliphatic heterocycles. The van der Waals surface area contributed by atoms with Gasteiger partial charge in [0, 0.05) is 26.2 Å². The van der Waals surface area contributed by atoms with E-state index in [4.69, 9.17) is 14.7 Å². The molecule has 3 rings (SSSR count). The van der Waals surface area contributed by atoms with E-state index in [1.165, 1.54) is 6.07 Å². The predicted octanol–water partition coefficient (Wildman–Crippen LogP) is 2.69. The number of benzene rings is 1. The highest BCUT2D eigenvalue weighted by molar-refractivity contribution is 5.68. The Morgan fingerprint density at radius 3 is 2.81 bits per heavy atom. The highest BCUT2D eigenvalue weighted by Gasteiger charge is 2.36. The highest BCUT2D eigenvalue weighted by Crippen LogP contribution is 2.28. The van der Waals surface area contributed by atoms with Crippen LogP contribution < -0.4 is 0 Å². The molecule has 0 radical (unpaired) electrons. The molecule has 2 saturated heterocycles. The van der Waals surface area contributed by atoms with Crippen LogP contribution >= 0.6 is 0 Å². The number of morpholine rings is 1. The number of amides is 1. The lowest BCUT2D eigenvalue weighted by molar-refractivity contribution is -0.0906. The number of rotatable bonds is 1. The summed E-state index contributed by atoms with van der Waals surface area (Å²) >= 11 is 0. The summed E-state index contributed by atoms with van der Waals surface area (Å²) in [6.45, 7) is 8.59. The minimum Gasteiger partial charge on any atom is -0.444 e. The first-order chi connectivity index (χ1) is 12.3. The van der Waals surface area contributed by atoms with E-state index in [0.29, 0.717) is 26.2 Å². The van der Waals surface area contributed by atoms with Crippen LogP contribution in [0, 0.1) is 17.1 Å². The van der Waals surface area contributed by atoms with E-state index in [1.54, 1.807) is 17.0 Å². The molecular formula is C19H24FN3O3. The van der Waals surface area contributed by atoms with Crippen molar-refractivity contribution in [1.29, 1.82) is 5.26 Å². The fraction of sp³-hybridized carbons (Fsp3) is 0.579. The van der Waals surface area contributed by atoms with Crippen molar-refractivity contribution in [2.45, 2.75) is 38.5 Å². The second-order valence-corrected chi connectivity index (χ2v) is 7.75. The van der Waals surface area contributed by atoms with Crippen LogP contribution in [0.25, 0.3) is 0 Å². The fourth-order valence-electron chi connectivity index (χ4n) is 3.31. The molecule has 1 aromatic rings. The van der Waals surface area contributed by atoms with Crippen LogP contribution in [0.1, 0.15) is 38.0 Å². The van der Waals surface area contributed by atoms with Gasteiger partial charge in [-0.3, -0.25) is 4.90 Å². The first kappa shape index (κ1) is 18.6. The topological polar surface area (TPSA) is 65.8 Å². The second-order valence-electron chi connectivity index (χ2n) is 7.75. The van der Waals surface area contributed by atoms with Gasteiger partial charge in [0.2, 0.25) is 0 Å². The molecule has 1 amide bonds. The molecule has 0 unspecified atom stereocenters. The predicted molar refractivity (Wildman–Crippen MR) is 93.0 cm³/mol. The SMILES string of the molecule is CC(C)(C)OC(=O)N1CCN2C[C@@H](c3ccc(F)c(C#N)c3)OC[C@@H]2C1. The summed E-state index contributed by atoms with van der Waals surface area (Å²) in [7, 11) is 0. The van der Waals surface area contributed by atoms with Gasteiger partial charge >= 0.3 is 6.09 Å². The largest absolute Gasteiger partial charge is 0.444 e. The van der Waals surface area contributed by atoms with E-state index in [2.05, 4.69) is 4.90 Å². The third-order valence-corrected chi connectivity index (χ3v) is 4.63. The average molecular weight is 361 g/mol. The molecule has 2 fully saturated rings. The zero-order valence-corrected chi connectivity index (χ0v) is 15.4. The summed E-state index contributed by atoms with van der Waals surface area (Å²) in [6.07, 6.45) is -0.497. The van der Waals surface area contributed by atoms with E-state index in [-0.39, 0.29) is 23.8 Å². The summed E-state index contributed by atoms with van der Waals surface area (Å²) in [4.78, 5) is 16.3. The molecule has 0 aliphatic carbocycles. The van der Waals surface area contributed by atoms with Crippen molar-refractivity contribution in [1.82, 2.24) is 9.80 Å². The van der Waals surface area contributed by atoms with Crippen molar-refractivity contribution in [2.24, 2.45) is 0 Å². The van der Waals surface area contributed by atoms with Crippen LogP contribution in [0.3, 0.4) is 0 Å². The van der Waals surface area contributed by atoms with Gasteiger partial charge in [0.15, 0.2) is 0 Å². The molecule has 2 atom stereocenters. The molecule has 0 bridgehead atoms. The Labute approximate surface area is 153 Å². The maximum absolute atomic E-state index is 13.5. The minimum atomic E-state index is -0.518. The Balaban J connectivity index is 1.62. The smallest absolute Gasteiger partial charge is 0.410 e. The van der Waals surface area contributed by atoms with Crippen LogP contribution in [-0.4, -0.2) is 60.3 Å². The summed E-state index contributed by atoms with van der Waals surface area (Å²) in [5, 5.41) is 9.00. The Kier molecular flexibility index (Phi) is 5.17. The number of nitriles is 1. The number of nitrogens with zero attached hydrogens (tertiary/aromatic N) is 3. The molecule has 26 heavy (non-hydrogen) atoms. The molecule has 2 aliphatic rings. The second kappa shape index (κ2) is 7.22. The Morgan fingerprint density at radius 2 is 2.12 bits per heavy atom. The van der Waals surface area contributed by atoms with Gasteiger partial charge in [-0.2, -0.15) is 5.26 Å². The van der Waals surface area contributed by atoms with Gasteiger partial charge in [0.1, 0.15) is 17.5 Å². The Bertz CT molecular complexity index is 726. The fourth-order valence-corrected chi connectivity index (χ4v) is 3.31. The molecule has 7 heteroatoms. The van der Waals surface area contributed by atoms with Gasteiger partial charge in [0.25, 0.3) is 0 Å². The number of piperazine rings is 1. The maximum atomic E-state index is 13.5. The third kappa shape index (κ3) is 4.14. The van der Waals surface area contributed by atoms with Crippen molar-refractivity contribution >= 4 is 6.09 Å². The molecule has 0 aromatic heterocycles. The number of ether oxygens (including phenoxy) is 2. The van der Waals surface area contributed by atoms with E-state index in [9.17, 15) is 9.18 Å². The van der Waals surface area contributed by atoms with Crippen LogP contribution in [0.15, 0.2) is 18.2 Å². The number of halogens is 1. The molecule has 0 N–H and O–H groups in total. The molecule has 2 heterocycles. The highest BCUT2D eigenvalue weighted by atomic mass is 19.1. The number of carbonyl (C=O) groups excluding carboxylic acids is 1. The van der Waals surface area contributed by atoms with E-state index < -0.39 is 11.4 Å². The Morgan fingerprint density at radius 1 is 1.35 bits per heavy atom. The average Bonchev–Trinajstić information content (AvgIpc) is 2.59. The van der Waals surface area contributed by atoms with Gasteiger partial charge in [-0.05, 0) is 38.5 Å². The van der Waals surface area contributed by atoms with Crippen molar-refractivity contribution in [3.05, 3.63) is 35.1 Å². The number of fused-ring (bicyclic) bond motifs is 1. The summed E-state index contributed by atoms with van der Waals surface area (Å²) in [5.74, 6) is -0.518. The van der Waals surface area contributed by atoms with Gasteiger partial charge in [-0.1, -0.05) is 6.07 Å². The Hall–Kier alpha value is -2.17. The van der Waals surface area contributed by atoms with E-state index >= 15 is 0 Å². The summed E-state index contributed by atoms with van der Waals surface area (Å²) in [6, 6.07) is 6.51. The van der Waals surface area contributed by atoms with Crippen molar-refractivity contribution in [2.75, 3.05) is 32.8 Å². The van der Waals surface area contributed by atoms with Crippen LogP contribution in [0.4, 0.5) is 9.18 Å². The monoisotopic (exact) mass is 361 g/mol. The van der Waals surface area contributed by atoms with Gasteiger partial charge < -0.3 is 14.4 Å². The minimum absolute atomic E-state index is 0.0305. The molecular weight excluding hydrogens is 337 g/mol. The van der Waals surface area contributed by atoms with E-state index in [1.807, 2.05) is 26.8 Å². The first-order valence-corrected chi connectivity index (χ1v) is 8.80. The molecule has 0 saturated carbocycles. The summed E-state index contributed by atoms with van der Waals surface area (Å²) < 4.78 is 24.9. The van der Waals surface area contributed by atoms with Gasteiger partial charge in [0.05, 0.1) is 24.3 Å². The first-order valence-electron chi connectivity index (χ1n) is 8.80. The van der Waals surface area contributed by atoms with Crippen molar-refractivity contribution in [3.63, 3.8) is 0 Å².